The summed E-state index contributed by atoms with van der Waals surface area (Å²) in [6.07, 6.45) is 0. The van der Waals surface area contributed by atoms with Crippen LogP contribution in [0.3, 0.4) is 0 Å². The highest BCUT2D eigenvalue weighted by molar-refractivity contribution is 5.97. The third kappa shape index (κ3) is 1.50. The summed E-state index contributed by atoms with van der Waals surface area (Å²) in [5, 5.41) is 1.06. The van der Waals surface area contributed by atoms with Gasteiger partial charge in [-0.15, -0.1) is 0 Å². The van der Waals surface area contributed by atoms with Crippen LogP contribution in [-0.4, -0.2) is 10.5 Å². The van der Waals surface area contributed by atoms with Gasteiger partial charge in [0, 0.05) is 16.9 Å². The van der Waals surface area contributed by atoms with Crippen LogP contribution in [0.15, 0.2) is 30.3 Å². The molecule has 1 heterocycles. The van der Waals surface area contributed by atoms with Gasteiger partial charge in [-0.3, -0.25) is 4.79 Å². The van der Waals surface area contributed by atoms with Crippen molar-refractivity contribution >= 4 is 16.8 Å². The van der Waals surface area contributed by atoms with Crippen molar-refractivity contribution in [3.63, 3.8) is 0 Å². The van der Waals surface area contributed by atoms with Crippen LogP contribution in [0.4, 0.5) is 0 Å². The number of hydrogen-bond donors (Lipinski definition) is 1. The summed E-state index contributed by atoms with van der Waals surface area (Å²) in [6.45, 7) is 4.08. The van der Waals surface area contributed by atoms with E-state index in [1.807, 2.05) is 48.7 Å². The molecule has 1 amide bonds. The smallest absolute Gasteiger partial charge is 0.265 e. The second kappa shape index (κ2) is 3.42. The van der Waals surface area contributed by atoms with Crippen LogP contribution < -0.4 is 5.73 Å². The van der Waals surface area contributed by atoms with Crippen molar-refractivity contribution in [2.24, 2.45) is 5.73 Å². The van der Waals surface area contributed by atoms with E-state index in [1.54, 1.807) is 0 Å². The van der Waals surface area contributed by atoms with Crippen LogP contribution in [0.2, 0.25) is 0 Å². The molecule has 0 aliphatic heterocycles. The second-order valence-electron chi connectivity index (χ2n) is 3.92. The van der Waals surface area contributed by atoms with Gasteiger partial charge < -0.3 is 10.3 Å². The molecule has 0 spiro atoms. The molecule has 3 heteroatoms. The minimum absolute atomic E-state index is 0.229. The average molecular weight is 202 g/mol. The average Bonchev–Trinajstić information content (AvgIpc) is 2.56. The van der Waals surface area contributed by atoms with Crippen molar-refractivity contribution < 1.29 is 4.79 Å². The number of amides is 1. The highest BCUT2D eigenvalue weighted by Gasteiger charge is 2.14. The number of rotatable bonds is 2. The van der Waals surface area contributed by atoms with Crippen molar-refractivity contribution in [1.82, 2.24) is 4.57 Å². The van der Waals surface area contributed by atoms with E-state index < -0.39 is 0 Å². The number of para-hydroxylation sites is 1. The fourth-order valence-corrected chi connectivity index (χ4v) is 1.92. The number of primary amides is 1. The van der Waals surface area contributed by atoms with Gasteiger partial charge in [-0.25, -0.2) is 0 Å². The Morgan fingerprint density at radius 2 is 2.00 bits per heavy atom. The lowest BCUT2D eigenvalue weighted by Crippen LogP contribution is -2.17. The Bertz CT molecular complexity index is 511. The molecule has 0 radical (unpaired) electrons. The normalized spacial score (nSPS) is 11.1. The van der Waals surface area contributed by atoms with Crippen molar-refractivity contribution in [3.8, 4) is 0 Å². The van der Waals surface area contributed by atoms with Gasteiger partial charge in [0.2, 0.25) is 0 Å². The van der Waals surface area contributed by atoms with Crippen LogP contribution in [0.5, 0.6) is 0 Å². The van der Waals surface area contributed by atoms with Crippen LogP contribution in [0.25, 0.3) is 10.9 Å². The molecule has 0 atom stereocenters. The molecule has 1 aromatic heterocycles. The summed E-state index contributed by atoms with van der Waals surface area (Å²) >= 11 is 0. The largest absolute Gasteiger partial charge is 0.364 e. The Morgan fingerprint density at radius 3 is 2.60 bits per heavy atom. The van der Waals surface area contributed by atoms with Gasteiger partial charge in [0.15, 0.2) is 0 Å². The van der Waals surface area contributed by atoms with Crippen LogP contribution in [0.1, 0.15) is 30.4 Å². The fraction of sp³-hybridized carbons (Fsp3) is 0.250. The Kier molecular flexibility index (Phi) is 2.23. The number of hydrogen-bond acceptors (Lipinski definition) is 1. The highest BCUT2D eigenvalue weighted by Crippen LogP contribution is 2.23. The molecular weight excluding hydrogens is 188 g/mol. The molecule has 3 nitrogen and oxygen atoms in total. The lowest BCUT2D eigenvalue weighted by molar-refractivity contribution is 0.0990. The third-order valence-corrected chi connectivity index (χ3v) is 2.52. The minimum atomic E-state index is -0.375. The summed E-state index contributed by atoms with van der Waals surface area (Å²) in [4.78, 5) is 11.3. The zero-order valence-electron chi connectivity index (χ0n) is 8.90. The first-order valence-corrected chi connectivity index (χ1v) is 5.01. The molecule has 0 aliphatic carbocycles. The van der Waals surface area contributed by atoms with Crippen molar-refractivity contribution in [2.45, 2.75) is 19.9 Å². The van der Waals surface area contributed by atoms with E-state index in [1.165, 1.54) is 0 Å². The Hall–Kier alpha value is -1.77. The summed E-state index contributed by atoms with van der Waals surface area (Å²) in [5.74, 6) is -0.375. The van der Waals surface area contributed by atoms with Gasteiger partial charge in [-0.1, -0.05) is 18.2 Å². The van der Waals surface area contributed by atoms with Crippen molar-refractivity contribution in [1.29, 1.82) is 0 Å². The fourth-order valence-electron chi connectivity index (χ4n) is 1.92. The number of benzene rings is 1. The molecule has 0 saturated heterocycles. The van der Waals surface area contributed by atoms with E-state index in [0.717, 1.165) is 10.9 Å². The van der Waals surface area contributed by atoms with E-state index >= 15 is 0 Å². The molecule has 0 unspecified atom stereocenters. The first-order valence-electron chi connectivity index (χ1n) is 5.01. The lowest BCUT2D eigenvalue weighted by atomic mass is 10.2. The lowest BCUT2D eigenvalue weighted by Gasteiger charge is -2.12. The maximum absolute atomic E-state index is 11.3. The van der Waals surface area contributed by atoms with E-state index in [2.05, 4.69) is 0 Å². The number of nitrogens with zero attached hydrogens (tertiary/aromatic N) is 1. The summed E-state index contributed by atoms with van der Waals surface area (Å²) < 4.78 is 1.97. The predicted octanol–water partition coefficient (Wildman–Crippen LogP) is 2.32. The molecule has 0 fully saturated rings. The van der Waals surface area contributed by atoms with E-state index in [4.69, 9.17) is 5.73 Å². The molecule has 0 aliphatic rings. The Morgan fingerprint density at radius 1 is 1.33 bits per heavy atom. The molecule has 2 aromatic rings. The van der Waals surface area contributed by atoms with Gasteiger partial charge in [0.25, 0.3) is 5.91 Å². The molecule has 2 rings (SSSR count). The number of carbonyl (C=O) groups is 1. The molecule has 2 N–H and O–H groups in total. The number of aromatic nitrogens is 1. The van der Waals surface area contributed by atoms with Gasteiger partial charge in [-0.05, 0) is 26.0 Å². The molecule has 1 aromatic carbocycles. The maximum Gasteiger partial charge on any atom is 0.265 e. The number of nitrogens with two attached hydrogens (primary N) is 1. The summed E-state index contributed by atoms with van der Waals surface area (Å²) in [7, 11) is 0. The highest BCUT2D eigenvalue weighted by atomic mass is 16.1. The van der Waals surface area contributed by atoms with Crippen LogP contribution in [-0.2, 0) is 0 Å². The van der Waals surface area contributed by atoms with Gasteiger partial charge in [0.1, 0.15) is 5.69 Å². The predicted molar refractivity (Wildman–Crippen MR) is 60.8 cm³/mol. The van der Waals surface area contributed by atoms with Gasteiger partial charge in [0.05, 0.1) is 0 Å². The van der Waals surface area contributed by atoms with Crippen molar-refractivity contribution in [3.05, 3.63) is 36.0 Å². The van der Waals surface area contributed by atoms with Crippen LogP contribution in [0, 0.1) is 0 Å². The third-order valence-electron chi connectivity index (χ3n) is 2.52. The summed E-state index contributed by atoms with van der Waals surface area (Å²) in [5.41, 5.74) is 6.99. The number of fused-ring (bicyclic) bond motifs is 1. The molecule has 0 bridgehead atoms. The van der Waals surface area contributed by atoms with Gasteiger partial charge >= 0.3 is 0 Å². The Balaban J connectivity index is 2.80. The van der Waals surface area contributed by atoms with Crippen LogP contribution >= 0.6 is 0 Å². The Labute approximate surface area is 88.5 Å². The minimum Gasteiger partial charge on any atom is -0.364 e. The zero-order valence-corrected chi connectivity index (χ0v) is 8.90. The second-order valence-corrected chi connectivity index (χ2v) is 3.92. The van der Waals surface area contributed by atoms with Gasteiger partial charge in [-0.2, -0.15) is 0 Å². The topological polar surface area (TPSA) is 48.0 Å². The zero-order chi connectivity index (χ0) is 11.0. The SMILES string of the molecule is CC(C)n1c(C(N)=O)cc2ccccc21. The quantitative estimate of drug-likeness (QED) is 0.798. The monoisotopic (exact) mass is 202 g/mol. The van der Waals surface area contributed by atoms with E-state index in [9.17, 15) is 4.79 Å². The van der Waals surface area contributed by atoms with E-state index in [-0.39, 0.29) is 11.9 Å². The molecular formula is C12H14N2O. The standard InChI is InChI=1S/C12H14N2O/c1-8(2)14-10-6-4-3-5-9(10)7-11(14)12(13)15/h3-8H,1-2H3,(H2,13,15). The molecule has 78 valence electrons. The first-order chi connectivity index (χ1) is 7.11. The van der Waals surface area contributed by atoms with E-state index in [0.29, 0.717) is 5.69 Å². The molecule has 0 saturated carbocycles. The first kappa shape index (κ1) is 9.77. The van der Waals surface area contributed by atoms with Crippen molar-refractivity contribution in [2.75, 3.05) is 0 Å². The summed E-state index contributed by atoms with van der Waals surface area (Å²) in [6, 6.07) is 9.98. The molecule has 15 heavy (non-hydrogen) atoms. The maximum atomic E-state index is 11.3. The number of carbonyl (C=O) groups excluding carboxylic acids is 1.